The number of hydrogen-bond acceptors (Lipinski definition) is 4. The van der Waals surface area contributed by atoms with Crippen LogP contribution in [0.25, 0.3) is 0 Å². The number of carbonyl (C=O) groups excluding carboxylic acids is 1. The molecule has 4 aliphatic rings. The number of nitrogens with one attached hydrogen (secondary N) is 1. The van der Waals surface area contributed by atoms with Gasteiger partial charge in [0.25, 0.3) is 0 Å². The minimum atomic E-state index is 0.0546. The van der Waals surface area contributed by atoms with Gasteiger partial charge in [-0.3, -0.25) is 4.79 Å². The molecule has 1 heterocycles. The van der Waals surface area contributed by atoms with Gasteiger partial charge in [-0.2, -0.15) is 5.26 Å². The van der Waals surface area contributed by atoms with Gasteiger partial charge in [-0.05, 0) is 98.2 Å². The van der Waals surface area contributed by atoms with Crippen molar-refractivity contribution in [1.82, 2.24) is 9.97 Å². The number of fused-ring (bicyclic) bond motifs is 5. The summed E-state index contributed by atoms with van der Waals surface area (Å²) in [6.07, 6.45) is 13.2. The molecule has 1 amide bonds. The molecule has 5 heteroatoms. The lowest BCUT2D eigenvalue weighted by Gasteiger charge is -2.56. The third-order valence-electron chi connectivity index (χ3n) is 10.1. The van der Waals surface area contributed by atoms with Gasteiger partial charge in [0.2, 0.25) is 5.91 Å². The molecule has 4 fully saturated rings. The van der Waals surface area contributed by atoms with Crippen molar-refractivity contribution in [3.63, 3.8) is 0 Å². The summed E-state index contributed by atoms with van der Waals surface area (Å²) in [5.41, 5.74) is 0.373. The number of hydrogen-bond donors (Lipinski definition) is 1. The Balaban J connectivity index is 1.30. The largest absolute Gasteiger partial charge is 0.309 e. The van der Waals surface area contributed by atoms with Gasteiger partial charge in [0.15, 0.2) is 11.5 Å². The summed E-state index contributed by atoms with van der Waals surface area (Å²) in [7, 11) is 0. The first kappa shape index (κ1) is 20.9. The summed E-state index contributed by atoms with van der Waals surface area (Å²) in [6, 6.07) is 1.97. The van der Waals surface area contributed by atoms with Crippen molar-refractivity contribution in [2.24, 2.45) is 52.8 Å². The molecule has 0 bridgehead atoms. The van der Waals surface area contributed by atoms with E-state index < -0.39 is 0 Å². The summed E-state index contributed by atoms with van der Waals surface area (Å²) in [4.78, 5) is 21.5. The highest BCUT2D eigenvalue weighted by Gasteiger charge is 2.58. The Kier molecular flexibility index (Phi) is 5.31. The van der Waals surface area contributed by atoms with E-state index in [1.54, 1.807) is 0 Å². The first-order chi connectivity index (χ1) is 14.9. The van der Waals surface area contributed by atoms with E-state index in [2.05, 4.69) is 36.1 Å². The zero-order chi connectivity index (χ0) is 21.8. The molecule has 4 saturated carbocycles. The van der Waals surface area contributed by atoms with Crippen LogP contribution in [0.1, 0.15) is 77.8 Å². The molecule has 9 atom stereocenters. The lowest BCUT2D eigenvalue weighted by molar-refractivity contribution is -0.127. The summed E-state index contributed by atoms with van der Waals surface area (Å²) in [6.45, 7) is 7.33. The van der Waals surface area contributed by atoms with Crippen LogP contribution in [0.3, 0.4) is 0 Å². The zero-order valence-electron chi connectivity index (χ0n) is 19.2. The molecule has 8 unspecified atom stereocenters. The molecule has 0 aliphatic heterocycles. The Bertz CT molecular complexity index is 876. The topological polar surface area (TPSA) is 78.7 Å². The number of nitriles is 1. The Labute approximate surface area is 186 Å². The molecule has 0 radical (unpaired) electrons. The normalized spacial score (nSPS) is 43.8. The van der Waals surface area contributed by atoms with Gasteiger partial charge in [0, 0.05) is 5.92 Å². The molecule has 31 heavy (non-hydrogen) atoms. The van der Waals surface area contributed by atoms with Crippen LogP contribution >= 0.6 is 0 Å². The maximum Gasteiger partial charge on any atom is 0.229 e. The van der Waals surface area contributed by atoms with E-state index in [1.807, 2.05) is 6.07 Å². The van der Waals surface area contributed by atoms with Crippen LogP contribution in [0.15, 0.2) is 12.4 Å². The highest BCUT2D eigenvalue weighted by atomic mass is 16.2. The van der Waals surface area contributed by atoms with Crippen LogP contribution in [0.2, 0.25) is 0 Å². The van der Waals surface area contributed by atoms with Crippen molar-refractivity contribution >= 4 is 11.7 Å². The highest BCUT2D eigenvalue weighted by molar-refractivity contribution is 5.92. The number of amides is 1. The summed E-state index contributed by atoms with van der Waals surface area (Å²) >= 11 is 0. The van der Waals surface area contributed by atoms with Crippen molar-refractivity contribution in [3.8, 4) is 6.07 Å². The lowest BCUT2D eigenvalue weighted by atomic mass is 9.48. The molecule has 1 N–H and O–H groups in total. The first-order valence-electron chi connectivity index (χ1n) is 12.4. The monoisotopic (exact) mass is 420 g/mol. The van der Waals surface area contributed by atoms with Crippen molar-refractivity contribution in [2.75, 3.05) is 5.32 Å². The highest BCUT2D eigenvalue weighted by Crippen LogP contribution is 2.64. The van der Waals surface area contributed by atoms with E-state index in [-0.39, 0.29) is 22.9 Å². The van der Waals surface area contributed by atoms with Gasteiger partial charge in [-0.25, -0.2) is 9.97 Å². The van der Waals surface area contributed by atoms with E-state index in [1.165, 1.54) is 57.3 Å². The van der Waals surface area contributed by atoms with Crippen LogP contribution in [-0.2, 0) is 4.79 Å². The van der Waals surface area contributed by atoms with E-state index in [4.69, 9.17) is 5.26 Å². The standard InChI is InChI=1S/C26H36N4O/c1-15-10-17-4-5-20-19(21(17)11-16(15)2)8-9-26(3)22(20)6-7-23(26)25(31)30-24-14-28-18(12-27)13-29-24/h13-17,19-23H,4-11H2,1-3H3,(H,29,30,31)/t15?,16?,17?,19?,20?,21?,22?,23-,26?/m1/s1. The van der Waals surface area contributed by atoms with E-state index in [0.29, 0.717) is 11.7 Å². The number of anilines is 1. The first-order valence-corrected chi connectivity index (χ1v) is 12.4. The third-order valence-corrected chi connectivity index (χ3v) is 10.1. The molecule has 0 spiro atoms. The van der Waals surface area contributed by atoms with Gasteiger partial charge in [0.05, 0.1) is 12.4 Å². The zero-order valence-corrected chi connectivity index (χ0v) is 19.2. The van der Waals surface area contributed by atoms with Crippen molar-refractivity contribution < 1.29 is 4.79 Å². The van der Waals surface area contributed by atoms with Gasteiger partial charge >= 0.3 is 0 Å². The molecule has 1 aromatic heterocycles. The smallest absolute Gasteiger partial charge is 0.229 e. The molecule has 1 aromatic rings. The van der Waals surface area contributed by atoms with Crippen LogP contribution < -0.4 is 5.32 Å². The van der Waals surface area contributed by atoms with E-state index in [0.717, 1.165) is 41.9 Å². The maximum atomic E-state index is 13.3. The molecule has 4 aliphatic carbocycles. The number of rotatable bonds is 2. The van der Waals surface area contributed by atoms with Gasteiger partial charge in [-0.1, -0.05) is 20.8 Å². The molecule has 0 aromatic carbocycles. The number of carbonyl (C=O) groups is 1. The summed E-state index contributed by atoms with van der Waals surface area (Å²) in [5.74, 6) is 6.62. The van der Waals surface area contributed by atoms with E-state index in [9.17, 15) is 4.79 Å². The molecule has 5 nitrogen and oxygen atoms in total. The van der Waals surface area contributed by atoms with Gasteiger partial charge in [-0.15, -0.1) is 0 Å². The Morgan fingerprint density at radius 2 is 1.84 bits per heavy atom. The molecular weight excluding hydrogens is 384 g/mol. The SMILES string of the molecule is CC1CC2CCC3C(CCC4(C)C3CC[C@@H]4C(=O)Nc3cnc(C#N)cn3)C2CC1C. The average Bonchev–Trinajstić information content (AvgIpc) is 3.12. The lowest BCUT2D eigenvalue weighted by Crippen LogP contribution is -2.50. The molecular formula is C26H36N4O. The number of aromatic nitrogens is 2. The Morgan fingerprint density at radius 3 is 2.58 bits per heavy atom. The molecule has 166 valence electrons. The minimum absolute atomic E-state index is 0.0546. The van der Waals surface area contributed by atoms with Crippen LogP contribution in [0, 0.1) is 64.1 Å². The quantitative estimate of drug-likeness (QED) is 0.691. The fourth-order valence-corrected chi connectivity index (χ4v) is 8.36. The summed E-state index contributed by atoms with van der Waals surface area (Å²) in [5, 5.41) is 11.9. The van der Waals surface area contributed by atoms with E-state index >= 15 is 0 Å². The predicted octanol–water partition coefficient (Wildman–Crippen LogP) is 5.44. The van der Waals surface area contributed by atoms with Crippen molar-refractivity contribution in [3.05, 3.63) is 18.1 Å². The number of nitrogens with zero attached hydrogens (tertiary/aromatic N) is 3. The second-order valence-electron chi connectivity index (χ2n) is 11.4. The van der Waals surface area contributed by atoms with Gasteiger partial charge in [0.1, 0.15) is 6.07 Å². The third kappa shape index (κ3) is 3.47. The molecule has 5 rings (SSSR count). The Hall–Kier alpha value is -1.96. The summed E-state index contributed by atoms with van der Waals surface area (Å²) < 4.78 is 0. The average molecular weight is 421 g/mol. The van der Waals surface area contributed by atoms with Gasteiger partial charge < -0.3 is 5.32 Å². The second kappa shape index (κ2) is 7.87. The van der Waals surface area contributed by atoms with Crippen LogP contribution in [0.4, 0.5) is 5.82 Å². The van der Waals surface area contributed by atoms with Crippen molar-refractivity contribution in [1.29, 1.82) is 5.26 Å². The Morgan fingerprint density at radius 1 is 1.03 bits per heavy atom. The fourth-order valence-electron chi connectivity index (χ4n) is 8.36. The molecule has 0 saturated heterocycles. The van der Waals surface area contributed by atoms with Crippen LogP contribution in [0.5, 0.6) is 0 Å². The maximum absolute atomic E-state index is 13.3. The fraction of sp³-hybridized carbons (Fsp3) is 0.769. The van der Waals surface area contributed by atoms with Crippen LogP contribution in [-0.4, -0.2) is 15.9 Å². The minimum Gasteiger partial charge on any atom is -0.309 e. The van der Waals surface area contributed by atoms with Crippen molar-refractivity contribution in [2.45, 2.75) is 72.1 Å². The second-order valence-corrected chi connectivity index (χ2v) is 11.4. The predicted molar refractivity (Wildman–Crippen MR) is 120 cm³/mol.